The molecule has 0 atom stereocenters. The van der Waals surface area contributed by atoms with Gasteiger partial charge in [-0.1, -0.05) is 0 Å². The summed E-state index contributed by atoms with van der Waals surface area (Å²) in [4.78, 5) is 13.3. The number of hydrogen-bond donors (Lipinski definition) is 1. The topological polar surface area (TPSA) is 56.0 Å². The zero-order valence-electron chi connectivity index (χ0n) is 6.60. The molecule has 0 aliphatic carbocycles. The van der Waals surface area contributed by atoms with Crippen molar-refractivity contribution in [2.45, 2.75) is 6.43 Å². The summed E-state index contributed by atoms with van der Waals surface area (Å²) in [7, 11) is 0. The van der Waals surface area contributed by atoms with Gasteiger partial charge in [-0.2, -0.15) is 4.39 Å². The third-order valence-electron chi connectivity index (χ3n) is 1.49. The molecule has 1 rings (SSSR count). The van der Waals surface area contributed by atoms with Gasteiger partial charge in [-0.25, -0.2) is 18.2 Å². The van der Waals surface area contributed by atoms with Gasteiger partial charge < -0.3 is 5.73 Å². The number of alkyl halides is 2. The SMILES string of the molecule is NC(=O)c1c(F)cnc(F)c1C(F)F. The molecule has 0 fully saturated rings. The fraction of sp³-hybridized carbons (Fsp3) is 0.143. The van der Waals surface area contributed by atoms with E-state index >= 15 is 0 Å². The van der Waals surface area contributed by atoms with E-state index in [9.17, 15) is 22.4 Å². The Morgan fingerprint density at radius 2 is 2.00 bits per heavy atom. The van der Waals surface area contributed by atoms with Gasteiger partial charge in [0.15, 0.2) is 5.82 Å². The van der Waals surface area contributed by atoms with Crippen LogP contribution in [0.5, 0.6) is 0 Å². The van der Waals surface area contributed by atoms with Crippen molar-refractivity contribution in [2.75, 3.05) is 0 Å². The van der Waals surface area contributed by atoms with Gasteiger partial charge in [0.05, 0.1) is 17.3 Å². The van der Waals surface area contributed by atoms with E-state index in [1.165, 1.54) is 0 Å². The summed E-state index contributed by atoms with van der Waals surface area (Å²) >= 11 is 0. The van der Waals surface area contributed by atoms with Crippen molar-refractivity contribution in [1.29, 1.82) is 0 Å². The van der Waals surface area contributed by atoms with Crippen LogP contribution in [0.3, 0.4) is 0 Å². The van der Waals surface area contributed by atoms with Gasteiger partial charge in [-0.3, -0.25) is 4.79 Å². The van der Waals surface area contributed by atoms with Crippen LogP contribution in [0, 0.1) is 11.8 Å². The molecular weight excluding hydrogens is 204 g/mol. The Bertz CT molecular complexity index is 380. The second kappa shape index (κ2) is 3.60. The summed E-state index contributed by atoms with van der Waals surface area (Å²) in [6.07, 6.45) is -3.03. The maximum absolute atomic E-state index is 12.8. The number of halogens is 4. The highest BCUT2D eigenvalue weighted by Crippen LogP contribution is 2.26. The quantitative estimate of drug-likeness (QED) is 0.589. The Hall–Kier alpha value is -1.66. The lowest BCUT2D eigenvalue weighted by atomic mass is 10.1. The molecule has 0 aliphatic heterocycles. The Morgan fingerprint density at radius 3 is 2.36 bits per heavy atom. The minimum absolute atomic E-state index is 0.321. The number of nitrogens with zero attached hydrogens (tertiary/aromatic N) is 1. The van der Waals surface area contributed by atoms with E-state index in [4.69, 9.17) is 0 Å². The largest absolute Gasteiger partial charge is 0.365 e. The number of rotatable bonds is 2. The highest BCUT2D eigenvalue weighted by molar-refractivity contribution is 5.94. The number of aromatic nitrogens is 1. The number of primary amides is 1. The molecule has 2 N–H and O–H groups in total. The Balaban J connectivity index is 3.50. The molecule has 0 unspecified atom stereocenters. The first-order valence-corrected chi connectivity index (χ1v) is 3.37. The summed E-state index contributed by atoms with van der Waals surface area (Å²) in [6, 6.07) is 0. The molecule has 0 saturated carbocycles. The third-order valence-corrected chi connectivity index (χ3v) is 1.49. The number of nitrogens with two attached hydrogens (primary N) is 1. The van der Waals surface area contributed by atoms with Gasteiger partial charge in [0.2, 0.25) is 5.95 Å². The number of amides is 1. The van der Waals surface area contributed by atoms with Crippen molar-refractivity contribution < 1.29 is 22.4 Å². The van der Waals surface area contributed by atoms with Crippen LogP contribution < -0.4 is 5.73 Å². The second-order valence-corrected chi connectivity index (χ2v) is 2.35. The van der Waals surface area contributed by atoms with Crippen LogP contribution in [0.25, 0.3) is 0 Å². The van der Waals surface area contributed by atoms with E-state index in [-0.39, 0.29) is 0 Å². The van der Waals surface area contributed by atoms with Crippen LogP contribution in [0.2, 0.25) is 0 Å². The van der Waals surface area contributed by atoms with Gasteiger partial charge in [-0.15, -0.1) is 0 Å². The molecule has 1 amide bonds. The van der Waals surface area contributed by atoms with Gasteiger partial charge in [0.1, 0.15) is 0 Å². The Kier molecular flexibility index (Phi) is 2.68. The van der Waals surface area contributed by atoms with Crippen molar-refractivity contribution in [3.63, 3.8) is 0 Å². The van der Waals surface area contributed by atoms with Crippen LogP contribution in [0.1, 0.15) is 22.3 Å². The van der Waals surface area contributed by atoms with Crippen molar-refractivity contribution in [3.05, 3.63) is 29.1 Å². The van der Waals surface area contributed by atoms with Crippen LogP contribution in [-0.2, 0) is 0 Å². The molecule has 0 radical (unpaired) electrons. The van der Waals surface area contributed by atoms with Gasteiger partial charge >= 0.3 is 0 Å². The molecule has 14 heavy (non-hydrogen) atoms. The zero-order valence-corrected chi connectivity index (χ0v) is 6.60. The summed E-state index contributed by atoms with van der Waals surface area (Å²) < 4.78 is 49.8. The van der Waals surface area contributed by atoms with Crippen molar-refractivity contribution in [3.8, 4) is 0 Å². The maximum Gasteiger partial charge on any atom is 0.269 e. The van der Waals surface area contributed by atoms with E-state index in [2.05, 4.69) is 10.7 Å². The molecular formula is C7H4F4N2O. The molecule has 3 nitrogen and oxygen atoms in total. The number of hydrogen-bond acceptors (Lipinski definition) is 2. The summed E-state index contributed by atoms with van der Waals surface area (Å²) in [6.45, 7) is 0. The predicted octanol–water partition coefficient (Wildman–Crippen LogP) is 1.40. The van der Waals surface area contributed by atoms with Gasteiger partial charge in [0.25, 0.3) is 12.3 Å². The van der Waals surface area contributed by atoms with Crippen LogP contribution >= 0.6 is 0 Å². The van der Waals surface area contributed by atoms with Crippen LogP contribution in [0.15, 0.2) is 6.20 Å². The standard InChI is InChI=1S/C7H4F4N2O/c8-2-1-13-6(11)4(5(9)10)3(2)7(12)14/h1,5H,(H2,12,14). The monoisotopic (exact) mass is 208 g/mol. The lowest BCUT2D eigenvalue weighted by Crippen LogP contribution is -2.18. The molecule has 76 valence electrons. The van der Waals surface area contributed by atoms with Crippen LogP contribution in [-0.4, -0.2) is 10.9 Å². The van der Waals surface area contributed by atoms with E-state index < -0.39 is 35.2 Å². The average molecular weight is 208 g/mol. The fourth-order valence-electron chi connectivity index (χ4n) is 0.929. The maximum atomic E-state index is 12.8. The van der Waals surface area contributed by atoms with Gasteiger partial charge in [0, 0.05) is 0 Å². The number of pyridine rings is 1. The number of carbonyl (C=O) groups excluding carboxylic acids is 1. The smallest absolute Gasteiger partial charge is 0.269 e. The molecule has 0 bridgehead atoms. The van der Waals surface area contributed by atoms with Crippen molar-refractivity contribution in [1.82, 2.24) is 4.98 Å². The first-order valence-electron chi connectivity index (χ1n) is 3.37. The van der Waals surface area contributed by atoms with E-state index in [0.717, 1.165) is 0 Å². The summed E-state index contributed by atoms with van der Waals surface area (Å²) in [5.41, 5.74) is 2.05. The summed E-state index contributed by atoms with van der Waals surface area (Å²) in [5.74, 6) is -4.43. The Labute approximate surface area is 75.5 Å². The highest BCUT2D eigenvalue weighted by atomic mass is 19.3. The summed E-state index contributed by atoms with van der Waals surface area (Å²) in [5, 5.41) is 0. The average Bonchev–Trinajstić information content (AvgIpc) is 2.07. The molecule has 1 heterocycles. The molecule has 0 aromatic carbocycles. The lowest BCUT2D eigenvalue weighted by molar-refractivity contribution is 0.0976. The minimum Gasteiger partial charge on any atom is -0.365 e. The normalized spacial score (nSPS) is 10.6. The van der Waals surface area contributed by atoms with E-state index in [1.54, 1.807) is 0 Å². The van der Waals surface area contributed by atoms with Crippen molar-refractivity contribution >= 4 is 5.91 Å². The molecule has 0 saturated heterocycles. The number of carbonyl (C=O) groups is 1. The first kappa shape index (κ1) is 10.4. The highest BCUT2D eigenvalue weighted by Gasteiger charge is 2.25. The lowest BCUT2D eigenvalue weighted by Gasteiger charge is -2.06. The third kappa shape index (κ3) is 1.66. The zero-order chi connectivity index (χ0) is 10.9. The van der Waals surface area contributed by atoms with Crippen molar-refractivity contribution in [2.24, 2.45) is 5.73 Å². The van der Waals surface area contributed by atoms with E-state index in [0.29, 0.717) is 6.20 Å². The molecule has 0 spiro atoms. The molecule has 1 aromatic rings. The van der Waals surface area contributed by atoms with E-state index in [1.807, 2.05) is 0 Å². The van der Waals surface area contributed by atoms with Crippen LogP contribution in [0.4, 0.5) is 17.6 Å². The molecule has 7 heteroatoms. The molecule has 1 aromatic heterocycles. The molecule has 0 aliphatic rings. The van der Waals surface area contributed by atoms with Gasteiger partial charge in [-0.05, 0) is 0 Å². The minimum atomic E-state index is -3.35. The first-order chi connectivity index (χ1) is 6.45. The Morgan fingerprint density at radius 1 is 1.43 bits per heavy atom. The predicted molar refractivity (Wildman–Crippen MR) is 37.6 cm³/mol. The fourth-order valence-corrected chi connectivity index (χ4v) is 0.929. The second-order valence-electron chi connectivity index (χ2n) is 2.35.